The van der Waals surface area contributed by atoms with Crippen LogP contribution in [-0.2, 0) is 27.1 Å². The Balaban J connectivity index is 1.43. The summed E-state index contributed by atoms with van der Waals surface area (Å²) >= 11 is 0. The van der Waals surface area contributed by atoms with Gasteiger partial charge in [-0.05, 0) is 11.1 Å². The molecule has 2 saturated heterocycles. The Morgan fingerprint density at radius 3 is 1.48 bits per heavy atom. The van der Waals surface area contributed by atoms with Gasteiger partial charge in [0.25, 0.3) is 0 Å². The van der Waals surface area contributed by atoms with Crippen molar-refractivity contribution < 1.29 is 14.2 Å². The maximum absolute atomic E-state index is 6.46. The summed E-state index contributed by atoms with van der Waals surface area (Å²) in [4.78, 5) is 0. The van der Waals surface area contributed by atoms with Gasteiger partial charge in [-0.2, -0.15) is 0 Å². The normalized spacial score (nSPS) is 24.9. The molecular weight excluding hydrogens is 288 g/mol. The van der Waals surface area contributed by atoms with Crippen LogP contribution in [0, 0.1) is 0 Å². The number of benzene rings is 2. The van der Waals surface area contributed by atoms with Gasteiger partial charge in [0.05, 0.1) is 25.4 Å². The highest BCUT2D eigenvalue weighted by molar-refractivity contribution is 5.18. The standard InChI is InChI=1S/C20H22O3/c1-3-7-15(8-4-1)11-17(19-13-21-19)23-18(20-14-22-20)12-16-9-5-2-6-10-16/h1-10,17-20H,11-14H2. The van der Waals surface area contributed by atoms with E-state index >= 15 is 0 Å². The molecule has 2 fully saturated rings. The monoisotopic (exact) mass is 310 g/mol. The van der Waals surface area contributed by atoms with Crippen LogP contribution in [0.15, 0.2) is 60.7 Å². The van der Waals surface area contributed by atoms with E-state index < -0.39 is 0 Å². The lowest BCUT2D eigenvalue weighted by Gasteiger charge is -2.23. The second kappa shape index (κ2) is 6.83. The first-order valence-electron chi connectivity index (χ1n) is 8.35. The Morgan fingerprint density at radius 2 is 1.13 bits per heavy atom. The molecule has 2 aromatic carbocycles. The van der Waals surface area contributed by atoms with Crippen LogP contribution in [0.2, 0.25) is 0 Å². The molecule has 23 heavy (non-hydrogen) atoms. The molecule has 2 aliphatic heterocycles. The minimum absolute atomic E-state index is 0.107. The van der Waals surface area contributed by atoms with Crippen molar-refractivity contribution in [2.45, 2.75) is 37.3 Å². The molecule has 2 aliphatic rings. The highest BCUT2D eigenvalue weighted by Crippen LogP contribution is 2.28. The molecule has 0 aliphatic carbocycles. The minimum atomic E-state index is 0.107. The van der Waals surface area contributed by atoms with E-state index in [1.165, 1.54) is 11.1 Å². The third kappa shape index (κ3) is 4.20. The van der Waals surface area contributed by atoms with E-state index in [1.807, 2.05) is 12.1 Å². The number of rotatable bonds is 8. The number of epoxide rings is 2. The lowest BCUT2D eigenvalue weighted by atomic mass is 10.0. The fraction of sp³-hybridized carbons (Fsp3) is 0.400. The first-order chi connectivity index (χ1) is 11.4. The van der Waals surface area contributed by atoms with E-state index in [9.17, 15) is 0 Å². The van der Waals surface area contributed by atoms with Crippen molar-refractivity contribution in [3.8, 4) is 0 Å². The summed E-state index contributed by atoms with van der Waals surface area (Å²) in [7, 11) is 0. The van der Waals surface area contributed by atoms with Crippen LogP contribution in [-0.4, -0.2) is 37.6 Å². The SMILES string of the molecule is c1ccc(CC(OC(Cc2ccccc2)C2CO2)C2CO2)cc1. The van der Waals surface area contributed by atoms with E-state index in [4.69, 9.17) is 14.2 Å². The summed E-state index contributed by atoms with van der Waals surface area (Å²) in [5.74, 6) is 0. The molecule has 4 rings (SSSR count). The predicted molar refractivity (Wildman–Crippen MR) is 88.4 cm³/mol. The van der Waals surface area contributed by atoms with Gasteiger partial charge in [-0.15, -0.1) is 0 Å². The van der Waals surface area contributed by atoms with Crippen LogP contribution in [0.5, 0.6) is 0 Å². The largest absolute Gasteiger partial charge is 0.370 e. The lowest BCUT2D eigenvalue weighted by molar-refractivity contribution is -0.0369. The van der Waals surface area contributed by atoms with Gasteiger partial charge < -0.3 is 14.2 Å². The molecule has 0 saturated carbocycles. The second-order valence-corrected chi connectivity index (χ2v) is 6.34. The molecule has 0 amide bonds. The molecule has 0 aromatic heterocycles. The van der Waals surface area contributed by atoms with Crippen molar-refractivity contribution in [2.75, 3.05) is 13.2 Å². The zero-order chi connectivity index (χ0) is 15.5. The van der Waals surface area contributed by atoms with Gasteiger partial charge in [0.1, 0.15) is 12.2 Å². The van der Waals surface area contributed by atoms with E-state index in [0.29, 0.717) is 0 Å². The average molecular weight is 310 g/mol. The first-order valence-corrected chi connectivity index (χ1v) is 8.35. The van der Waals surface area contributed by atoms with Crippen LogP contribution in [0.25, 0.3) is 0 Å². The minimum Gasteiger partial charge on any atom is -0.370 e. The average Bonchev–Trinajstić information content (AvgIpc) is 3.49. The summed E-state index contributed by atoms with van der Waals surface area (Å²) in [5, 5.41) is 0. The van der Waals surface area contributed by atoms with E-state index in [1.54, 1.807) is 0 Å². The third-order valence-corrected chi connectivity index (χ3v) is 4.46. The Morgan fingerprint density at radius 1 is 0.739 bits per heavy atom. The molecular formula is C20H22O3. The zero-order valence-electron chi connectivity index (χ0n) is 13.1. The molecule has 120 valence electrons. The fourth-order valence-electron chi connectivity index (χ4n) is 2.99. The summed E-state index contributed by atoms with van der Waals surface area (Å²) in [6.07, 6.45) is 2.46. The Labute approximate surface area is 137 Å². The Hall–Kier alpha value is -1.68. The maximum Gasteiger partial charge on any atom is 0.107 e. The Bertz CT molecular complexity index is 550. The summed E-state index contributed by atoms with van der Waals surface area (Å²) < 4.78 is 17.5. The summed E-state index contributed by atoms with van der Waals surface area (Å²) in [5.41, 5.74) is 2.59. The smallest absolute Gasteiger partial charge is 0.107 e. The maximum atomic E-state index is 6.46. The molecule has 4 atom stereocenters. The molecule has 2 aromatic rings. The van der Waals surface area contributed by atoms with Crippen molar-refractivity contribution in [2.24, 2.45) is 0 Å². The van der Waals surface area contributed by atoms with Crippen molar-refractivity contribution in [1.82, 2.24) is 0 Å². The molecule has 0 radical (unpaired) electrons. The number of hydrogen-bond donors (Lipinski definition) is 0. The van der Waals surface area contributed by atoms with Crippen LogP contribution in [0.3, 0.4) is 0 Å². The summed E-state index contributed by atoms with van der Waals surface area (Å²) in [6, 6.07) is 21.0. The molecule has 3 heteroatoms. The van der Waals surface area contributed by atoms with Crippen LogP contribution >= 0.6 is 0 Å². The van der Waals surface area contributed by atoms with Gasteiger partial charge in [0, 0.05) is 12.8 Å². The highest BCUT2D eigenvalue weighted by Gasteiger charge is 2.40. The number of hydrogen-bond acceptors (Lipinski definition) is 3. The second-order valence-electron chi connectivity index (χ2n) is 6.34. The first kappa shape index (κ1) is 14.9. The topological polar surface area (TPSA) is 34.3 Å². The lowest BCUT2D eigenvalue weighted by Crippen LogP contribution is -2.33. The van der Waals surface area contributed by atoms with Crippen molar-refractivity contribution in [3.63, 3.8) is 0 Å². The van der Waals surface area contributed by atoms with Crippen LogP contribution in [0.4, 0.5) is 0 Å². The van der Waals surface area contributed by atoms with Crippen molar-refractivity contribution in [3.05, 3.63) is 71.8 Å². The molecule has 3 nitrogen and oxygen atoms in total. The van der Waals surface area contributed by atoms with Gasteiger partial charge in [-0.3, -0.25) is 0 Å². The number of ether oxygens (including phenoxy) is 3. The van der Waals surface area contributed by atoms with E-state index in [2.05, 4.69) is 48.5 Å². The van der Waals surface area contributed by atoms with Crippen LogP contribution in [0.1, 0.15) is 11.1 Å². The fourth-order valence-corrected chi connectivity index (χ4v) is 2.99. The van der Waals surface area contributed by atoms with Gasteiger partial charge in [0.2, 0.25) is 0 Å². The molecule has 4 unspecified atom stereocenters. The van der Waals surface area contributed by atoms with Crippen molar-refractivity contribution >= 4 is 0 Å². The molecule has 0 spiro atoms. The van der Waals surface area contributed by atoms with Gasteiger partial charge in [-0.25, -0.2) is 0 Å². The molecule has 2 heterocycles. The highest BCUT2D eigenvalue weighted by atomic mass is 16.6. The van der Waals surface area contributed by atoms with Gasteiger partial charge >= 0.3 is 0 Å². The van der Waals surface area contributed by atoms with E-state index in [0.717, 1.165) is 26.1 Å². The predicted octanol–water partition coefficient (Wildman–Crippen LogP) is 3.02. The zero-order valence-corrected chi connectivity index (χ0v) is 13.1. The molecule has 0 bridgehead atoms. The van der Waals surface area contributed by atoms with Crippen LogP contribution < -0.4 is 0 Å². The quantitative estimate of drug-likeness (QED) is 0.703. The van der Waals surface area contributed by atoms with Gasteiger partial charge in [0.15, 0.2) is 0 Å². The Kier molecular flexibility index (Phi) is 4.42. The third-order valence-electron chi connectivity index (χ3n) is 4.46. The summed E-state index contributed by atoms with van der Waals surface area (Å²) in [6.45, 7) is 1.61. The van der Waals surface area contributed by atoms with Gasteiger partial charge in [-0.1, -0.05) is 60.7 Å². The molecule has 0 N–H and O–H groups in total. The van der Waals surface area contributed by atoms with Crippen molar-refractivity contribution in [1.29, 1.82) is 0 Å². The van der Waals surface area contributed by atoms with E-state index in [-0.39, 0.29) is 24.4 Å².